The molecular formula is C17H16ClN3O3S. The summed E-state index contributed by atoms with van der Waals surface area (Å²) in [5.74, 6) is 0.508. The fourth-order valence-electron chi connectivity index (χ4n) is 3.48. The lowest BCUT2D eigenvalue weighted by molar-refractivity contribution is -0.384. The van der Waals surface area contributed by atoms with Gasteiger partial charge in [0.05, 0.1) is 10.5 Å². The minimum atomic E-state index is -0.521. The summed E-state index contributed by atoms with van der Waals surface area (Å²) in [6.07, 6.45) is 2.51. The summed E-state index contributed by atoms with van der Waals surface area (Å²) < 4.78 is 0. The van der Waals surface area contributed by atoms with E-state index in [1.54, 1.807) is 17.4 Å². The Labute approximate surface area is 153 Å². The number of hydrogen-bond acceptors (Lipinski definition) is 5. The number of rotatable bonds is 2. The predicted molar refractivity (Wildman–Crippen MR) is 97.4 cm³/mol. The number of amides is 1. The van der Waals surface area contributed by atoms with E-state index in [-0.39, 0.29) is 16.6 Å². The van der Waals surface area contributed by atoms with Crippen LogP contribution in [-0.4, -0.2) is 10.8 Å². The SMILES string of the molecule is C[C@H]1CCc2c(sc3c2C(=O)N[C@@H](c2ccc(Cl)c([N+](=O)[O-])c2)N3)C1. The summed E-state index contributed by atoms with van der Waals surface area (Å²) in [6, 6.07) is 4.58. The topological polar surface area (TPSA) is 84.3 Å². The van der Waals surface area contributed by atoms with Gasteiger partial charge >= 0.3 is 0 Å². The van der Waals surface area contributed by atoms with Crippen LogP contribution in [0, 0.1) is 16.0 Å². The molecule has 0 spiro atoms. The van der Waals surface area contributed by atoms with Crippen molar-refractivity contribution in [2.24, 2.45) is 5.92 Å². The molecule has 1 aromatic heterocycles. The van der Waals surface area contributed by atoms with Crippen LogP contribution in [0.15, 0.2) is 18.2 Å². The maximum absolute atomic E-state index is 12.7. The number of nitro benzene ring substituents is 1. The van der Waals surface area contributed by atoms with Gasteiger partial charge in [0.15, 0.2) is 0 Å². The van der Waals surface area contributed by atoms with Crippen molar-refractivity contribution in [2.45, 2.75) is 32.4 Å². The lowest BCUT2D eigenvalue weighted by Crippen LogP contribution is -2.38. The molecule has 0 unspecified atom stereocenters. The Hall–Kier alpha value is -2.12. The normalized spacial score (nSPS) is 21.8. The molecule has 0 saturated carbocycles. The van der Waals surface area contributed by atoms with Gasteiger partial charge in [0.2, 0.25) is 0 Å². The van der Waals surface area contributed by atoms with Gasteiger partial charge < -0.3 is 10.6 Å². The van der Waals surface area contributed by atoms with Gasteiger partial charge in [-0.25, -0.2) is 0 Å². The van der Waals surface area contributed by atoms with Gasteiger partial charge in [0.1, 0.15) is 16.2 Å². The van der Waals surface area contributed by atoms with Crippen molar-refractivity contribution >= 4 is 39.5 Å². The van der Waals surface area contributed by atoms with E-state index in [1.807, 2.05) is 0 Å². The molecule has 1 aliphatic heterocycles. The van der Waals surface area contributed by atoms with Crippen molar-refractivity contribution in [3.8, 4) is 0 Å². The molecule has 25 heavy (non-hydrogen) atoms. The van der Waals surface area contributed by atoms with E-state index in [1.165, 1.54) is 17.0 Å². The van der Waals surface area contributed by atoms with Gasteiger partial charge in [-0.3, -0.25) is 14.9 Å². The average molecular weight is 378 g/mol. The number of nitrogens with zero attached hydrogens (tertiary/aromatic N) is 1. The molecular weight excluding hydrogens is 362 g/mol. The maximum atomic E-state index is 12.7. The molecule has 0 fully saturated rings. The first-order valence-corrected chi connectivity index (χ1v) is 9.29. The smallest absolute Gasteiger partial charge is 0.288 e. The van der Waals surface area contributed by atoms with Crippen molar-refractivity contribution in [3.05, 3.63) is 54.9 Å². The first-order chi connectivity index (χ1) is 11.9. The van der Waals surface area contributed by atoms with Gasteiger partial charge in [-0.05, 0) is 36.8 Å². The largest absolute Gasteiger partial charge is 0.353 e. The molecule has 130 valence electrons. The van der Waals surface area contributed by atoms with E-state index in [9.17, 15) is 14.9 Å². The second-order valence-electron chi connectivity index (χ2n) is 6.57. The molecule has 2 aliphatic rings. The van der Waals surface area contributed by atoms with E-state index in [0.717, 1.165) is 35.4 Å². The first-order valence-electron chi connectivity index (χ1n) is 8.10. The second kappa shape index (κ2) is 6.00. The van der Waals surface area contributed by atoms with E-state index < -0.39 is 11.1 Å². The highest BCUT2D eigenvalue weighted by Crippen LogP contribution is 2.42. The van der Waals surface area contributed by atoms with Gasteiger partial charge in [0.25, 0.3) is 11.6 Å². The number of nitro groups is 1. The van der Waals surface area contributed by atoms with Crippen LogP contribution in [0.4, 0.5) is 10.7 Å². The van der Waals surface area contributed by atoms with Crippen LogP contribution < -0.4 is 10.6 Å². The molecule has 0 bridgehead atoms. The first kappa shape index (κ1) is 16.4. The van der Waals surface area contributed by atoms with Gasteiger partial charge in [-0.2, -0.15) is 0 Å². The monoisotopic (exact) mass is 377 g/mol. The van der Waals surface area contributed by atoms with Crippen LogP contribution >= 0.6 is 22.9 Å². The molecule has 1 aromatic carbocycles. The molecule has 1 amide bonds. The Morgan fingerprint density at radius 3 is 2.92 bits per heavy atom. The number of carbonyl (C=O) groups excluding carboxylic acids is 1. The van der Waals surface area contributed by atoms with Gasteiger partial charge in [-0.15, -0.1) is 11.3 Å². The Kier molecular flexibility index (Phi) is 3.92. The molecule has 1 aliphatic carbocycles. The average Bonchev–Trinajstić information content (AvgIpc) is 2.92. The summed E-state index contributed by atoms with van der Waals surface area (Å²) in [7, 11) is 0. The molecule has 2 N–H and O–H groups in total. The lowest BCUT2D eigenvalue weighted by atomic mass is 9.88. The van der Waals surface area contributed by atoms with Crippen molar-refractivity contribution < 1.29 is 9.72 Å². The summed E-state index contributed by atoms with van der Waals surface area (Å²) in [5.41, 5.74) is 2.34. The number of benzene rings is 1. The number of carbonyl (C=O) groups is 1. The van der Waals surface area contributed by atoms with E-state index in [0.29, 0.717) is 11.5 Å². The van der Waals surface area contributed by atoms with Crippen LogP contribution in [0.1, 0.15) is 45.9 Å². The number of anilines is 1. The highest BCUT2D eigenvalue weighted by Gasteiger charge is 2.33. The van der Waals surface area contributed by atoms with Crippen LogP contribution in [0.25, 0.3) is 0 Å². The number of nitrogens with one attached hydrogen (secondary N) is 2. The quantitative estimate of drug-likeness (QED) is 0.604. The van der Waals surface area contributed by atoms with Crippen molar-refractivity contribution in [1.82, 2.24) is 5.32 Å². The predicted octanol–water partition coefficient (Wildman–Crippen LogP) is 4.29. The third-order valence-corrected chi connectivity index (χ3v) is 6.30. The second-order valence-corrected chi connectivity index (χ2v) is 8.09. The summed E-state index contributed by atoms with van der Waals surface area (Å²) in [5, 5.41) is 18.3. The maximum Gasteiger partial charge on any atom is 0.288 e. The summed E-state index contributed by atoms with van der Waals surface area (Å²) >= 11 is 7.50. The van der Waals surface area contributed by atoms with Crippen molar-refractivity contribution in [2.75, 3.05) is 5.32 Å². The molecule has 0 saturated heterocycles. The fraction of sp³-hybridized carbons (Fsp3) is 0.353. The number of fused-ring (bicyclic) bond motifs is 3. The Balaban J connectivity index is 1.69. The zero-order valence-corrected chi connectivity index (χ0v) is 15.0. The highest BCUT2D eigenvalue weighted by atomic mass is 35.5. The Morgan fingerprint density at radius 1 is 1.36 bits per heavy atom. The Morgan fingerprint density at radius 2 is 2.16 bits per heavy atom. The third-order valence-electron chi connectivity index (χ3n) is 4.79. The summed E-state index contributed by atoms with van der Waals surface area (Å²) in [4.78, 5) is 24.5. The fourth-order valence-corrected chi connectivity index (χ4v) is 5.10. The molecule has 6 nitrogen and oxygen atoms in total. The number of halogens is 1. The number of hydrogen-bond donors (Lipinski definition) is 2. The van der Waals surface area contributed by atoms with E-state index >= 15 is 0 Å². The van der Waals surface area contributed by atoms with Crippen LogP contribution in [0.5, 0.6) is 0 Å². The third kappa shape index (κ3) is 2.77. The van der Waals surface area contributed by atoms with Crippen LogP contribution in [0.3, 0.4) is 0 Å². The molecule has 2 heterocycles. The van der Waals surface area contributed by atoms with Gasteiger partial charge in [0, 0.05) is 16.5 Å². The molecule has 8 heteroatoms. The number of thiophene rings is 1. The molecule has 2 atom stereocenters. The summed E-state index contributed by atoms with van der Waals surface area (Å²) in [6.45, 7) is 2.23. The highest BCUT2D eigenvalue weighted by molar-refractivity contribution is 7.16. The lowest BCUT2D eigenvalue weighted by Gasteiger charge is -2.27. The van der Waals surface area contributed by atoms with Crippen molar-refractivity contribution in [3.63, 3.8) is 0 Å². The zero-order chi connectivity index (χ0) is 17.7. The minimum Gasteiger partial charge on any atom is -0.353 e. The van der Waals surface area contributed by atoms with Gasteiger partial charge in [-0.1, -0.05) is 24.6 Å². The van der Waals surface area contributed by atoms with E-state index in [2.05, 4.69) is 17.6 Å². The minimum absolute atomic E-state index is 0.0807. The van der Waals surface area contributed by atoms with E-state index in [4.69, 9.17) is 11.6 Å². The van der Waals surface area contributed by atoms with Crippen LogP contribution in [0.2, 0.25) is 5.02 Å². The van der Waals surface area contributed by atoms with Crippen LogP contribution in [-0.2, 0) is 12.8 Å². The Bertz CT molecular complexity index is 896. The standard InChI is InChI=1S/C17H16ClN3O3S/c1-8-2-4-10-13(6-8)25-17-14(10)16(22)19-15(20-17)9-3-5-11(18)12(7-9)21(23)24/h3,5,7-8,15,20H,2,4,6H2,1H3,(H,19,22)/t8-,15+/m0/s1. The molecule has 0 radical (unpaired) electrons. The molecule has 4 rings (SSSR count). The van der Waals surface area contributed by atoms with Crippen molar-refractivity contribution in [1.29, 1.82) is 0 Å². The molecule has 2 aromatic rings. The zero-order valence-electron chi connectivity index (χ0n) is 13.5.